The van der Waals surface area contributed by atoms with Gasteiger partial charge >= 0.3 is 0 Å². The van der Waals surface area contributed by atoms with E-state index in [-0.39, 0.29) is 11.8 Å². The highest BCUT2D eigenvalue weighted by Crippen LogP contribution is 2.29. The van der Waals surface area contributed by atoms with Gasteiger partial charge in [0.05, 0.1) is 17.3 Å². The van der Waals surface area contributed by atoms with E-state index in [0.717, 1.165) is 11.5 Å². The maximum atomic E-state index is 14.1. The van der Waals surface area contributed by atoms with Crippen molar-refractivity contribution in [3.05, 3.63) is 96.3 Å². The Kier molecular flexibility index (Phi) is 5.17. The van der Waals surface area contributed by atoms with Crippen LogP contribution in [0.2, 0.25) is 0 Å². The van der Waals surface area contributed by atoms with E-state index >= 15 is 0 Å². The lowest BCUT2D eigenvalue weighted by Crippen LogP contribution is -2.26. The molecule has 0 saturated heterocycles. The highest BCUT2D eigenvalue weighted by atomic mass is 19.1. The maximum absolute atomic E-state index is 14.1. The molecule has 1 amide bonds. The molecule has 158 valence electrons. The molecule has 0 aliphatic carbocycles. The topological polar surface area (TPSA) is 85.3 Å². The largest absolute Gasteiger partial charge is 0.436 e. The van der Waals surface area contributed by atoms with Gasteiger partial charge in [-0.25, -0.2) is 9.37 Å². The first kappa shape index (κ1) is 19.6. The SMILES string of the molecule is O=C(NCCc1nnc2ccccn12)c1ccccc1-c1ncc(-c2ccccc2F)o1. The normalized spacial score (nSPS) is 11.0. The highest BCUT2D eigenvalue weighted by Gasteiger charge is 2.18. The van der Waals surface area contributed by atoms with Crippen LogP contribution in [0.25, 0.3) is 28.4 Å². The first-order chi connectivity index (χ1) is 15.7. The van der Waals surface area contributed by atoms with Crippen molar-refractivity contribution in [2.24, 2.45) is 0 Å². The van der Waals surface area contributed by atoms with Crippen molar-refractivity contribution in [2.45, 2.75) is 6.42 Å². The molecular weight excluding hydrogens is 409 g/mol. The standard InChI is InChI=1S/C24H18FN5O2/c25-19-10-4-3-9-18(19)20-15-27-24(32-20)17-8-2-1-7-16(17)23(31)26-13-12-22-29-28-21-11-5-6-14-30(21)22/h1-11,14-15H,12-13H2,(H,26,31). The van der Waals surface area contributed by atoms with Crippen LogP contribution in [0.15, 0.2) is 83.5 Å². The molecule has 0 radical (unpaired) electrons. The van der Waals surface area contributed by atoms with Crippen LogP contribution < -0.4 is 5.32 Å². The molecular formula is C24H18FN5O2. The molecule has 3 heterocycles. The summed E-state index contributed by atoms with van der Waals surface area (Å²) < 4.78 is 21.8. The molecule has 0 unspecified atom stereocenters. The molecule has 0 atom stereocenters. The summed E-state index contributed by atoms with van der Waals surface area (Å²) in [4.78, 5) is 17.1. The number of nitrogens with one attached hydrogen (secondary N) is 1. The van der Waals surface area contributed by atoms with Crippen LogP contribution >= 0.6 is 0 Å². The van der Waals surface area contributed by atoms with E-state index in [4.69, 9.17) is 4.42 Å². The average Bonchev–Trinajstić information content (AvgIpc) is 3.47. The molecule has 0 aliphatic rings. The zero-order valence-electron chi connectivity index (χ0n) is 16.9. The molecule has 0 spiro atoms. The Hall–Kier alpha value is -4.33. The summed E-state index contributed by atoms with van der Waals surface area (Å²) in [6.45, 7) is 0.384. The van der Waals surface area contributed by atoms with Crippen LogP contribution in [0.4, 0.5) is 4.39 Å². The molecule has 0 bridgehead atoms. The van der Waals surface area contributed by atoms with E-state index in [1.54, 1.807) is 42.5 Å². The predicted molar refractivity (Wildman–Crippen MR) is 116 cm³/mol. The second-order valence-electron chi connectivity index (χ2n) is 7.11. The van der Waals surface area contributed by atoms with Gasteiger partial charge in [-0.1, -0.05) is 30.3 Å². The molecule has 5 rings (SSSR count). The second kappa shape index (κ2) is 8.43. The van der Waals surface area contributed by atoms with Gasteiger partial charge in [-0.3, -0.25) is 9.20 Å². The fourth-order valence-electron chi connectivity index (χ4n) is 3.50. The fourth-order valence-corrected chi connectivity index (χ4v) is 3.50. The number of hydrogen-bond acceptors (Lipinski definition) is 5. The first-order valence-electron chi connectivity index (χ1n) is 10.1. The summed E-state index contributed by atoms with van der Waals surface area (Å²) in [5.74, 6) is 0.642. The van der Waals surface area contributed by atoms with Crippen LogP contribution in [0, 0.1) is 5.82 Å². The average molecular weight is 427 g/mol. The molecule has 1 N–H and O–H groups in total. The highest BCUT2D eigenvalue weighted by molar-refractivity contribution is 6.00. The van der Waals surface area contributed by atoms with E-state index in [1.807, 2.05) is 28.8 Å². The number of aromatic nitrogens is 4. The van der Waals surface area contributed by atoms with Crippen molar-refractivity contribution >= 4 is 11.6 Å². The van der Waals surface area contributed by atoms with E-state index in [2.05, 4.69) is 20.5 Å². The quantitative estimate of drug-likeness (QED) is 0.440. The van der Waals surface area contributed by atoms with Gasteiger partial charge in [-0.05, 0) is 36.4 Å². The van der Waals surface area contributed by atoms with Crippen LogP contribution in [0.1, 0.15) is 16.2 Å². The van der Waals surface area contributed by atoms with Gasteiger partial charge in [0.25, 0.3) is 5.91 Å². The zero-order valence-corrected chi connectivity index (χ0v) is 16.9. The molecule has 0 fully saturated rings. The van der Waals surface area contributed by atoms with Gasteiger partial charge in [0.2, 0.25) is 5.89 Å². The Balaban J connectivity index is 1.33. The summed E-state index contributed by atoms with van der Waals surface area (Å²) in [5, 5.41) is 11.2. The minimum atomic E-state index is -0.401. The van der Waals surface area contributed by atoms with Crippen molar-refractivity contribution < 1.29 is 13.6 Å². The molecule has 5 aromatic rings. The summed E-state index contributed by atoms with van der Waals surface area (Å²) in [5.41, 5.74) is 2.02. The minimum Gasteiger partial charge on any atom is -0.436 e. The van der Waals surface area contributed by atoms with E-state index in [9.17, 15) is 9.18 Å². The van der Waals surface area contributed by atoms with E-state index < -0.39 is 5.82 Å². The van der Waals surface area contributed by atoms with Gasteiger partial charge in [-0.2, -0.15) is 0 Å². The molecule has 0 saturated carbocycles. The van der Waals surface area contributed by atoms with Gasteiger partial charge in [0.15, 0.2) is 11.4 Å². The predicted octanol–water partition coefficient (Wildman–Crippen LogP) is 4.16. The van der Waals surface area contributed by atoms with Crippen LogP contribution in [0.3, 0.4) is 0 Å². The number of halogens is 1. The Bertz CT molecular complexity index is 1410. The van der Waals surface area contributed by atoms with Crippen LogP contribution in [-0.4, -0.2) is 32.0 Å². The van der Waals surface area contributed by atoms with Crippen molar-refractivity contribution in [1.29, 1.82) is 0 Å². The van der Waals surface area contributed by atoms with Gasteiger partial charge in [0.1, 0.15) is 11.6 Å². The van der Waals surface area contributed by atoms with Crippen molar-refractivity contribution in [2.75, 3.05) is 6.54 Å². The second-order valence-corrected chi connectivity index (χ2v) is 7.11. The third-order valence-corrected chi connectivity index (χ3v) is 5.07. The lowest BCUT2D eigenvalue weighted by Gasteiger charge is -2.08. The Morgan fingerprint density at radius 2 is 1.75 bits per heavy atom. The van der Waals surface area contributed by atoms with E-state index in [1.165, 1.54) is 12.3 Å². The van der Waals surface area contributed by atoms with Gasteiger partial charge in [-0.15, -0.1) is 10.2 Å². The van der Waals surface area contributed by atoms with Gasteiger partial charge < -0.3 is 9.73 Å². The minimum absolute atomic E-state index is 0.248. The molecule has 8 heteroatoms. The summed E-state index contributed by atoms with van der Waals surface area (Å²) in [6.07, 6.45) is 3.87. The maximum Gasteiger partial charge on any atom is 0.252 e. The monoisotopic (exact) mass is 427 g/mol. The first-order valence-corrected chi connectivity index (χ1v) is 10.1. The number of carbonyl (C=O) groups is 1. The number of pyridine rings is 1. The number of oxazole rings is 1. The Morgan fingerprint density at radius 3 is 2.62 bits per heavy atom. The third-order valence-electron chi connectivity index (χ3n) is 5.07. The molecule has 0 aliphatic heterocycles. The van der Waals surface area contributed by atoms with Crippen molar-refractivity contribution in [3.8, 4) is 22.8 Å². The number of benzene rings is 2. The third kappa shape index (κ3) is 3.74. The molecule has 3 aromatic heterocycles. The molecule has 7 nitrogen and oxygen atoms in total. The summed E-state index contributed by atoms with van der Waals surface area (Å²) in [7, 11) is 0. The van der Waals surface area contributed by atoms with Gasteiger partial charge in [0, 0.05) is 24.7 Å². The smallest absolute Gasteiger partial charge is 0.252 e. The van der Waals surface area contributed by atoms with Crippen molar-refractivity contribution in [3.63, 3.8) is 0 Å². The van der Waals surface area contributed by atoms with Crippen LogP contribution in [0.5, 0.6) is 0 Å². The number of carbonyl (C=O) groups excluding carboxylic acids is 1. The van der Waals surface area contributed by atoms with E-state index in [0.29, 0.717) is 35.4 Å². The zero-order chi connectivity index (χ0) is 21.9. The summed E-state index contributed by atoms with van der Waals surface area (Å²) in [6, 6.07) is 19.0. The summed E-state index contributed by atoms with van der Waals surface area (Å²) >= 11 is 0. The fraction of sp³-hybridized carbons (Fsp3) is 0.0833. The molecule has 32 heavy (non-hydrogen) atoms. The molecule has 2 aromatic carbocycles. The van der Waals surface area contributed by atoms with Crippen molar-refractivity contribution in [1.82, 2.24) is 24.9 Å². The lowest BCUT2D eigenvalue weighted by molar-refractivity contribution is 0.0954. The lowest BCUT2D eigenvalue weighted by atomic mass is 10.1. The van der Waals surface area contributed by atoms with Crippen LogP contribution in [-0.2, 0) is 6.42 Å². The number of hydrogen-bond donors (Lipinski definition) is 1. The Labute approximate surface area is 182 Å². The Morgan fingerprint density at radius 1 is 0.969 bits per heavy atom. The number of nitrogens with zero attached hydrogens (tertiary/aromatic N) is 4. The number of fused-ring (bicyclic) bond motifs is 1. The number of amides is 1. The number of rotatable bonds is 6.